The number of carbonyl (C=O) groups is 2. The highest BCUT2D eigenvalue weighted by Crippen LogP contribution is 2.34. The van der Waals surface area contributed by atoms with Gasteiger partial charge in [0.2, 0.25) is 11.8 Å². The summed E-state index contributed by atoms with van der Waals surface area (Å²) in [4.78, 5) is 35.9. The molecule has 29 heavy (non-hydrogen) atoms. The van der Waals surface area contributed by atoms with E-state index in [2.05, 4.69) is 9.97 Å². The Morgan fingerprint density at radius 3 is 2.55 bits per heavy atom. The molecule has 3 aromatic rings. The molecule has 6 nitrogen and oxygen atoms in total. The largest absolute Gasteiger partial charge is 0.497 e. The fourth-order valence-electron chi connectivity index (χ4n) is 3.37. The molecule has 1 atom stereocenters. The summed E-state index contributed by atoms with van der Waals surface area (Å²) >= 11 is 1.24. The predicted octanol–water partition coefficient (Wildman–Crippen LogP) is 3.99. The lowest BCUT2D eigenvalue weighted by atomic mass is 10.1. The first-order chi connectivity index (χ1) is 13.9. The number of fused-ring (bicyclic) bond motifs is 1. The highest BCUT2D eigenvalue weighted by molar-refractivity contribution is 8.00. The Balaban J connectivity index is 1.60. The molecular formula is C22H21N3O3S. The second kappa shape index (κ2) is 7.48. The first-order valence-electron chi connectivity index (χ1n) is 9.30. The Hall–Kier alpha value is -2.93. The van der Waals surface area contributed by atoms with Crippen LogP contribution in [0.2, 0.25) is 0 Å². The van der Waals surface area contributed by atoms with Crippen LogP contribution in [0.4, 0.5) is 5.69 Å². The van der Waals surface area contributed by atoms with Gasteiger partial charge < -0.3 is 4.74 Å². The Labute approximate surface area is 173 Å². The van der Waals surface area contributed by atoms with Crippen LogP contribution in [0.15, 0.2) is 41.6 Å². The number of anilines is 1. The number of rotatable bonds is 4. The van der Waals surface area contributed by atoms with Gasteiger partial charge in [-0.2, -0.15) is 0 Å². The molecule has 0 aliphatic carbocycles. The van der Waals surface area contributed by atoms with Gasteiger partial charge in [-0.1, -0.05) is 17.8 Å². The van der Waals surface area contributed by atoms with Crippen LogP contribution in [0.5, 0.6) is 5.75 Å². The molecule has 0 bridgehead atoms. The average molecular weight is 407 g/mol. The number of amides is 2. The highest BCUT2D eigenvalue weighted by atomic mass is 32.2. The number of aromatic nitrogens is 2. The predicted molar refractivity (Wildman–Crippen MR) is 113 cm³/mol. The number of aryl methyl sites for hydroxylation is 3. The molecule has 0 radical (unpaired) electrons. The van der Waals surface area contributed by atoms with Crippen LogP contribution < -0.4 is 9.64 Å². The summed E-state index contributed by atoms with van der Waals surface area (Å²) in [6.45, 7) is 5.87. The van der Waals surface area contributed by atoms with Crippen LogP contribution in [0, 0.1) is 20.8 Å². The minimum atomic E-state index is -0.529. The van der Waals surface area contributed by atoms with Gasteiger partial charge in [0.15, 0.2) is 5.16 Å². The van der Waals surface area contributed by atoms with Crippen molar-refractivity contribution in [3.05, 3.63) is 53.2 Å². The van der Waals surface area contributed by atoms with E-state index in [1.54, 1.807) is 7.11 Å². The van der Waals surface area contributed by atoms with Crippen molar-refractivity contribution in [2.45, 2.75) is 37.6 Å². The van der Waals surface area contributed by atoms with Crippen LogP contribution in [0.3, 0.4) is 0 Å². The van der Waals surface area contributed by atoms with Crippen molar-refractivity contribution < 1.29 is 14.3 Å². The number of hydrogen-bond acceptors (Lipinski definition) is 6. The number of ether oxygens (including phenoxy) is 1. The fraction of sp³-hybridized carbons (Fsp3) is 0.273. The smallest absolute Gasteiger partial charge is 0.247 e. The number of imide groups is 1. The first kappa shape index (κ1) is 19.4. The van der Waals surface area contributed by atoms with Gasteiger partial charge in [0, 0.05) is 17.5 Å². The third-order valence-electron chi connectivity index (χ3n) is 5.17. The zero-order chi connectivity index (χ0) is 20.7. The zero-order valence-corrected chi connectivity index (χ0v) is 17.5. The van der Waals surface area contributed by atoms with Crippen molar-refractivity contribution in [2.75, 3.05) is 12.0 Å². The van der Waals surface area contributed by atoms with Gasteiger partial charge in [-0.15, -0.1) is 0 Å². The first-order valence-corrected chi connectivity index (χ1v) is 10.2. The molecule has 0 spiro atoms. The van der Waals surface area contributed by atoms with E-state index >= 15 is 0 Å². The molecule has 1 aliphatic heterocycles. The third-order valence-corrected chi connectivity index (χ3v) is 6.22. The standard InChI is InChI=1S/C22H21N3O3S/c1-12-5-6-15(9-13(12)2)25-20(26)11-19(21(25)27)29-22-23-14(3)17-10-16(28-4)7-8-18(17)24-22/h5-10,19H,11H2,1-4H3/t19-/m0/s1. The van der Waals surface area contributed by atoms with Crippen LogP contribution in [0.1, 0.15) is 23.2 Å². The monoisotopic (exact) mass is 407 g/mol. The Morgan fingerprint density at radius 1 is 1.03 bits per heavy atom. The van der Waals surface area contributed by atoms with Crippen molar-refractivity contribution in [1.29, 1.82) is 0 Å². The van der Waals surface area contributed by atoms with Crippen LogP contribution >= 0.6 is 11.8 Å². The molecule has 0 N–H and O–H groups in total. The second-order valence-corrected chi connectivity index (χ2v) is 8.29. The highest BCUT2D eigenvalue weighted by Gasteiger charge is 2.40. The van der Waals surface area contributed by atoms with Gasteiger partial charge in [-0.25, -0.2) is 14.9 Å². The molecule has 0 saturated carbocycles. The summed E-state index contributed by atoms with van der Waals surface area (Å²) < 4.78 is 5.26. The number of nitrogens with zero attached hydrogens (tertiary/aromatic N) is 3. The number of carbonyl (C=O) groups excluding carboxylic acids is 2. The number of hydrogen-bond donors (Lipinski definition) is 0. The van der Waals surface area contributed by atoms with Gasteiger partial charge in [-0.05, 0) is 62.2 Å². The van der Waals surface area contributed by atoms with Crippen molar-refractivity contribution >= 4 is 40.2 Å². The van der Waals surface area contributed by atoms with Gasteiger partial charge >= 0.3 is 0 Å². The lowest BCUT2D eigenvalue weighted by Gasteiger charge is -2.16. The summed E-state index contributed by atoms with van der Waals surface area (Å²) in [5, 5.41) is 0.867. The van der Waals surface area contributed by atoms with Crippen LogP contribution in [-0.2, 0) is 9.59 Å². The minimum Gasteiger partial charge on any atom is -0.497 e. The molecule has 1 saturated heterocycles. The maximum atomic E-state index is 13.0. The average Bonchev–Trinajstić information content (AvgIpc) is 2.97. The van der Waals surface area contributed by atoms with E-state index in [1.807, 2.05) is 57.2 Å². The Kier molecular flexibility index (Phi) is 5.00. The van der Waals surface area contributed by atoms with Gasteiger partial charge in [0.25, 0.3) is 0 Å². The molecule has 7 heteroatoms. The molecule has 1 aromatic heterocycles. The summed E-state index contributed by atoms with van der Waals surface area (Å²) in [6, 6.07) is 11.2. The van der Waals surface area contributed by atoms with Crippen LogP contribution in [0.25, 0.3) is 10.9 Å². The number of thioether (sulfide) groups is 1. The normalized spacial score (nSPS) is 16.7. The molecular weight excluding hydrogens is 386 g/mol. The van der Waals surface area contributed by atoms with Gasteiger partial charge in [-0.3, -0.25) is 9.59 Å². The molecule has 2 heterocycles. The summed E-state index contributed by atoms with van der Waals surface area (Å²) in [5.41, 5.74) is 4.37. The number of benzene rings is 2. The maximum absolute atomic E-state index is 13.0. The lowest BCUT2D eigenvalue weighted by molar-refractivity contribution is -0.121. The second-order valence-electron chi connectivity index (χ2n) is 7.12. The lowest BCUT2D eigenvalue weighted by Crippen LogP contribution is -2.31. The SMILES string of the molecule is COc1ccc2nc(S[C@H]3CC(=O)N(c4ccc(C)c(C)c4)C3=O)nc(C)c2c1. The summed E-state index contributed by atoms with van der Waals surface area (Å²) in [7, 11) is 1.62. The molecule has 148 valence electrons. The Bertz CT molecular complexity index is 1150. The van der Waals surface area contributed by atoms with E-state index in [0.717, 1.165) is 33.5 Å². The molecule has 0 unspecified atom stereocenters. The van der Waals surface area contributed by atoms with Crippen molar-refractivity contribution in [3.8, 4) is 5.75 Å². The van der Waals surface area contributed by atoms with Crippen molar-refractivity contribution in [2.24, 2.45) is 0 Å². The summed E-state index contributed by atoms with van der Waals surface area (Å²) in [5.74, 6) is 0.322. The van der Waals surface area contributed by atoms with E-state index in [0.29, 0.717) is 10.8 Å². The quantitative estimate of drug-likeness (QED) is 0.481. The van der Waals surface area contributed by atoms with E-state index in [4.69, 9.17) is 4.74 Å². The van der Waals surface area contributed by atoms with E-state index in [-0.39, 0.29) is 18.2 Å². The number of methoxy groups -OCH3 is 1. The molecule has 2 amide bonds. The van der Waals surface area contributed by atoms with Gasteiger partial charge in [0.05, 0.1) is 18.3 Å². The topological polar surface area (TPSA) is 72.4 Å². The molecule has 2 aromatic carbocycles. The van der Waals surface area contributed by atoms with E-state index < -0.39 is 5.25 Å². The Morgan fingerprint density at radius 2 is 1.83 bits per heavy atom. The summed E-state index contributed by atoms with van der Waals surface area (Å²) in [6.07, 6.45) is 0.138. The fourth-order valence-corrected chi connectivity index (χ4v) is 4.40. The van der Waals surface area contributed by atoms with Crippen LogP contribution in [-0.4, -0.2) is 34.1 Å². The molecule has 1 aliphatic rings. The molecule has 4 rings (SSSR count). The van der Waals surface area contributed by atoms with E-state index in [1.165, 1.54) is 16.7 Å². The third kappa shape index (κ3) is 3.58. The van der Waals surface area contributed by atoms with Crippen molar-refractivity contribution in [3.63, 3.8) is 0 Å². The van der Waals surface area contributed by atoms with E-state index in [9.17, 15) is 9.59 Å². The maximum Gasteiger partial charge on any atom is 0.247 e. The van der Waals surface area contributed by atoms with Gasteiger partial charge in [0.1, 0.15) is 11.0 Å². The molecule has 1 fully saturated rings. The van der Waals surface area contributed by atoms with Crippen molar-refractivity contribution in [1.82, 2.24) is 9.97 Å². The minimum absolute atomic E-state index is 0.138. The zero-order valence-electron chi connectivity index (χ0n) is 16.7.